The van der Waals surface area contributed by atoms with Crippen LogP contribution in [0.5, 0.6) is 0 Å². The normalized spacial score (nSPS) is 11.0. The van der Waals surface area contributed by atoms with E-state index in [1.165, 1.54) is 11.2 Å². The Kier molecular flexibility index (Phi) is 2.50. The Morgan fingerprint density at radius 3 is 3.07 bits per heavy atom. The van der Waals surface area contributed by atoms with Crippen molar-refractivity contribution >= 4 is 5.52 Å². The topological polar surface area (TPSA) is 43.3 Å². The van der Waals surface area contributed by atoms with Crippen molar-refractivity contribution in [3.8, 4) is 0 Å². The molecule has 2 rings (SSSR count). The van der Waals surface area contributed by atoms with Gasteiger partial charge in [0, 0.05) is 5.69 Å². The van der Waals surface area contributed by atoms with Crippen molar-refractivity contribution in [3.05, 3.63) is 35.9 Å². The highest BCUT2D eigenvalue weighted by Crippen LogP contribution is 2.12. The van der Waals surface area contributed by atoms with Gasteiger partial charge in [0.05, 0.1) is 17.5 Å². The van der Waals surface area contributed by atoms with Crippen LogP contribution in [0.3, 0.4) is 0 Å². The SMILES string of the molecule is Cc1ncn2c(CCCN)cccc12. The molecule has 0 fully saturated rings. The molecule has 74 valence electrons. The van der Waals surface area contributed by atoms with Gasteiger partial charge in [0.2, 0.25) is 0 Å². The molecule has 14 heavy (non-hydrogen) atoms. The predicted octanol–water partition coefficient (Wildman–Crippen LogP) is 1.53. The van der Waals surface area contributed by atoms with E-state index in [0.29, 0.717) is 0 Å². The molecule has 0 saturated heterocycles. The third-order valence-corrected chi connectivity index (χ3v) is 2.49. The molecule has 0 saturated carbocycles. The lowest BCUT2D eigenvalue weighted by Gasteiger charge is -2.04. The first-order valence-electron chi connectivity index (χ1n) is 4.94. The third-order valence-electron chi connectivity index (χ3n) is 2.49. The zero-order chi connectivity index (χ0) is 9.97. The van der Waals surface area contributed by atoms with Crippen molar-refractivity contribution in [1.82, 2.24) is 9.38 Å². The molecule has 0 spiro atoms. The molecule has 0 aliphatic heterocycles. The highest BCUT2D eigenvalue weighted by Gasteiger charge is 2.02. The Balaban J connectivity index is 2.44. The largest absolute Gasteiger partial charge is 0.330 e. The second-order valence-electron chi connectivity index (χ2n) is 3.49. The monoisotopic (exact) mass is 189 g/mol. The van der Waals surface area contributed by atoms with E-state index in [0.717, 1.165) is 25.1 Å². The van der Waals surface area contributed by atoms with Crippen LogP contribution in [0.15, 0.2) is 24.5 Å². The molecule has 0 aromatic carbocycles. The van der Waals surface area contributed by atoms with E-state index < -0.39 is 0 Å². The second-order valence-corrected chi connectivity index (χ2v) is 3.49. The summed E-state index contributed by atoms with van der Waals surface area (Å²) in [5.41, 5.74) is 9.06. The summed E-state index contributed by atoms with van der Waals surface area (Å²) >= 11 is 0. The molecule has 0 bridgehead atoms. The molecule has 0 aliphatic carbocycles. The lowest BCUT2D eigenvalue weighted by atomic mass is 10.2. The van der Waals surface area contributed by atoms with Crippen LogP contribution < -0.4 is 5.73 Å². The molecular formula is C11H15N3. The van der Waals surface area contributed by atoms with E-state index in [2.05, 4.69) is 27.6 Å². The van der Waals surface area contributed by atoms with Crippen LogP contribution in [0.4, 0.5) is 0 Å². The summed E-state index contributed by atoms with van der Waals surface area (Å²) in [7, 11) is 0. The van der Waals surface area contributed by atoms with Gasteiger partial charge in [0.25, 0.3) is 0 Å². The maximum atomic E-state index is 5.50. The number of nitrogens with zero attached hydrogens (tertiary/aromatic N) is 2. The summed E-state index contributed by atoms with van der Waals surface area (Å²) < 4.78 is 2.14. The van der Waals surface area contributed by atoms with Gasteiger partial charge < -0.3 is 10.1 Å². The van der Waals surface area contributed by atoms with Crippen molar-refractivity contribution in [1.29, 1.82) is 0 Å². The van der Waals surface area contributed by atoms with Crippen LogP contribution in [0.2, 0.25) is 0 Å². The summed E-state index contributed by atoms with van der Waals surface area (Å²) in [5, 5.41) is 0. The van der Waals surface area contributed by atoms with E-state index in [1.807, 2.05) is 13.3 Å². The van der Waals surface area contributed by atoms with Crippen molar-refractivity contribution < 1.29 is 0 Å². The molecule has 2 aromatic rings. The molecule has 2 N–H and O–H groups in total. The maximum absolute atomic E-state index is 5.50. The molecule has 3 nitrogen and oxygen atoms in total. The van der Waals surface area contributed by atoms with Gasteiger partial charge in [0.15, 0.2) is 0 Å². The van der Waals surface area contributed by atoms with Crippen molar-refractivity contribution in [2.24, 2.45) is 5.73 Å². The standard InChI is InChI=1S/C11H15N3/c1-9-11-6-2-4-10(5-3-7-12)14(11)8-13-9/h2,4,6,8H,3,5,7,12H2,1H3. The Bertz CT molecular complexity index is 431. The summed E-state index contributed by atoms with van der Waals surface area (Å²) in [5.74, 6) is 0. The number of hydrogen-bond acceptors (Lipinski definition) is 2. The minimum atomic E-state index is 0.740. The summed E-state index contributed by atoms with van der Waals surface area (Å²) in [4.78, 5) is 4.30. The van der Waals surface area contributed by atoms with Gasteiger partial charge in [-0.15, -0.1) is 0 Å². The van der Waals surface area contributed by atoms with Crippen molar-refractivity contribution in [2.45, 2.75) is 19.8 Å². The number of nitrogens with two attached hydrogens (primary N) is 1. The second kappa shape index (κ2) is 3.80. The van der Waals surface area contributed by atoms with Crippen LogP contribution in [-0.4, -0.2) is 15.9 Å². The minimum absolute atomic E-state index is 0.740. The Labute approximate surface area is 83.6 Å². The molecule has 0 unspecified atom stereocenters. The first kappa shape index (κ1) is 9.21. The van der Waals surface area contributed by atoms with E-state index in [-0.39, 0.29) is 0 Å². The van der Waals surface area contributed by atoms with E-state index in [9.17, 15) is 0 Å². The van der Waals surface area contributed by atoms with Gasteiger partial charge in [-0.25, -0.2) is 4.98 Å². The third kappa shape index (κ3) is 1.51. The van der Waals surface area contributed by atoms with E-state index in [4.69, 9.17) is 5.73 Å². The van der Waals surface area contributed by atoms with Gasteiger partial charge in [-0.2, -0.15) is 0 Å². The van der Waals surface area contributed by atoms with Crippen molar-refractivity contribution in [2.75, 3.05) is 6.54 Å². The number of hydrogen-bond donors (Lipinski definition) is 1. The molecule has 0 radical (unpaired) electrons. The summed E-state index contributed by atoms with van der Waals surface area (Å²) in [6.07, 6.45) is 3.93. The first-order valence-corrected chi connectivity index (χ1v) is 4.94. The van der Waals surface area contributed by atoms with Crippen LogP contribution in [-0.2, 0) is 6.42 Å². The number of rotatable bonds is 3. The van der Waals surface area contributed by atoms with Gasteiger partial charge >= 0.3 is 0 Å². The van der Waals surface area contributed by atoms with Gasteiger partial charge in [-0.3, -0.25) is 0 Å². The fourth-order valence-electron chi connectivity index (χ4n) is 1.69. The smallest absolute Gasteiger partial charge is 0.0997 e. The predicted molar refractivity (Wildman–Crippen MR) is 57.3 cm³/mol. The number of aryl methyl sites for hydroxylation is 2. The molecular weight excluding hydrogens is 174 g/mol. The number of fused-ring (bicyclic) bond motifs is 1. The molecule has 0 aliphatic rings. The van der Waals surface area contributed by atoms with Gasteiger partial charge in [0.1, 0.15) is 0 Å². The summed E-state index contributed by atoms with van der Waals surface area (Å²) in [6, 6.07) is 6.30. The van der Waals surface area contributed by atoms with Gasteiger partial charge in [-0.1, -0.05) is 6.07 Å². The number of pyridine rings is 1. The lowest BCUT2D eigenvalue weighted by Crippen LogP contribution is -2.03. The van der Waals surface area contributed by atoms with Crippen LogP contribution in [0.1, 0.15) is 17.8 Å². The molecule has 2 aromatic heterocycles. The average molecular weight is 189 g/mol. The first-order chi connectivity index (χ1) is 6.83. The minimum Gasteiger partial charge on any atom is -0.330 e. The summed E-state index contributed by atoms with van der Waals surface area (Å²) in [6.45, 7) is 2.77. The quantitative estimate of drug-likeness (QED) is 0.795. The van der Waals surface area contributed by atoms with Crippen molar-refractivity contribution in [3.63, 3.8) is 0 Å². The average Bonchev–Trinajstić information content (AvgIpc) is 2.58. The molecule has 2 heterocycles. The fraction of sp³-hybridized carbons (Fsp3) is 0.364. The highest BCUT2D eigenvalue weighted by molar-refractivity contribution is 5.52. The zero-order valence-corrected chi connectivity index (χ0v) is 8.40. The highest BCUT2D eigenvalue weighted by atomic mass is 15.0. The maximum Gasteiger partial charge on any atom is 0.0997 e. The Morgan fingerprint density at radius 1 is 1.43 bits per heavy atom. The van der Waals surface area contributed by atoms with Gasteiger partial charge in [-0.05, 0) is 38.4 Å². The van der Waals surface area contributed by atoms with E-state index >= 15 is 0 Å². The Morgan fingerprint density at radius 2 is 2.29 bits per heavy atom. The number of imidazole rings is 1. The number of aromatic nitrogens is 2. The Hall–Kier alpha value is -1.35. The van der Waals surface area contributed by atoms with Crippen LogP contribution in [0.25, 0.3) is 5.52 Å². The molecule has 0 atom stereocenters. The van der Waals surface area contributed by atoms with Crippen LogP contribution in [0, 0.1) is 6.92 Å². The molecule has 3 heteroatoms. The van der Waals surface area contributed by atoms with E-state index in [1.54, 1.807) is 0 Å². The lowest BCUT2D eigenvalue weighted by molar-refractivity contribution is 0.797. The molecule has 0 amide bonds. The fourth-order valence-corrected chi connectivity index (χ4v) is 1.69. The van der Waals surface area contributed by atoms with Crippen LogP contribution >= 0.6 is 0 Å². The zero-order valence-electron chi connectivity index (χ0n) is 8.40.